The molecule has 5 nitrogen and oxygen atoms in total. The van der Waals surface area contributed by atoms with E-state index in [0.29, 0.717) is 11.5 Å². The average Bonchev–Trinajstić information content (AvgIpc) is 3.15. The van der Waals surface area contributed by atoms with E-state index in [1.807, 2.05) is 17.0 Å². The van der Waals surface area contributed by atoms with Crippen molar-refractivity contribution in [2.24, 2.45) is 0 Å². The Morgan fingerprint density at radius 2 is 2.18 bits per heavy atom. The summed E-state index contributed by atoms with van der Waals surface area (Å²) in [6.07, 6.45) is 0.923. The molecular weight excluding hydrogens is 300 g/mol. The van der Waals surface area contributed by atoms with Gasteiger partial charge in [0.05, 0.1) is 6.04 Å². The van der Waals surface area contributed by atoms with Crippen LogP contribution >= 0.6 is 11.3 Å². The predicted octanol–water partition coefficient (Wildman–Crippen LogP) is 3.63. The molecular formula is C16H16N2O3S. The van der Waals surface area contributed by atoms with Crippen molar-refractivity contribution < 1.29 is 14.3 Å². The molecule has 1 N–H and O–H groups in total. The van der Waals surface area contributed by atoms with Gasteiger partial charge in [0.2, 0.25) is 6.79 Å². The van der Waals surface area contributed by atoms with Crippen LogP contribution in [0.3, 0.4) is 0 Å². The maximum absolute atomic E-state index is 12.6. The summed E-state index contributed by atoms with van der Waals surface area (Å²) >= 11 is 1.77. The second kappa shape index (κ2) is 5.21. The molecule has 2 aliphatic rings. The number of nitrogens with one attached hydrogen (secondary N) is 1. The summed E-state index contributed by atoms with van der Waals surface area (Å²) in [5.41, 5.74) is 1.98. The van der Waals surface area contributed by atoms with E-state index < -0.39 is 0 Å². The van der Waals surface area contributed by atoms with Gasteiger partial charge in [-0.15, -0.1) is 11.3 Å². The zero-order valence-electron chi connectivity index (χ0n) is 12.2. The third kappa shape index (κ3) is 2.20. The quantitative estimate of drug-likeness (QED) is 0.874. The van der Waals surface area contributed by atoms with Crippen molar-refractivity contribution in [3.8, 4) is 11.5 Å². The molecule has 1 aromatic heterocycles. The maximum Gasteiger partial charge on any atom is 0.322 e. The van der Waals surface area contributed by atoms with E-state index in [4.69, 9.17) is 9.47 Å². The molecule has 2 aliphatic heterocycles. The number of hydrogen-bond donors (Lipinski definition) is 1. The smallest absolute Gasteiger partial charge is 0.322 e. The van der Waals surface area contributed by atoms with Crippen molar-refractivity contribution in [1.29, 1.82) is 0 Å². The number of carbonyl (C=O) groups is 1. The van der Waals surface area contributed by atoms with E-state index in [2.05, 4.69) is 23.7 Å². The summed E-state index contributed by atoms with van der Waals surface area (Å²) in [5, 5.41) is 5.05. The lowest BCUT2D eigenvalue weighted by molar-refractivity contribution is 0.174. The van der Waals surface area contributed by atoms with E-state index in [0.717, 1.165) is 18.7 Å². The molecule has 0 bridgehead atoms. The summed E-state index contributed by atoms with van der Waals surface area (Å²) in [7, 11) is 0. The lowest BCUT2D eigenvalue weighted by Gasteiger charge is -2.33. The molecule has 1 aromatic carbocycles. The van der Waals surface area contributed by atoms with E-state index in [-0.39, 0.29) is 18.9 Å². The number of anilines is 1. The fraction of sp³-hybridized carbons (Fsp3) is 0.312. The summed E-state index contributed by atoms with van der Waals surface area (Å²) < 4.78 is 10.6. The third-order valence-electron chi connectivity index (χ3n) is 4.16. The van der Waals surface area contributed by atoms with Crippen molar-refractivity contribution in [3.05, 3.63) is 40.1 Å². The Balaban J connectivity index is 1.51. The minimum absolute atomic E-state index is 0.0804. The first-order valence-electron chi connectivity index (χ1n) is 7.26. The van der Waals surface area contributed by atoms with Crippen LogP contribution in [0.2, 0.25) is 0 Å². The van der Waals surface area contributed by atoms with Gasteiger partial charge in [0, 0.05) is 23.2 Å². The Labute approximate surface area is 132 Å². The van der Waals surface area contributed by atoms with Crippen LogP contribution in [0, 0.1) is 0 Å². The normalized spacial score (nSPS) is 19.0. The van der Waals surface area contributed by atoms with Gasteiger partial charge in [0.25, 0.3) is 0 Å². The zero-order valence-corrected chi connectivity index (χ0v) is 13.0. The number of hydrogen-bond acceptors (Lipinski definition) is 4. The summed E-state index contributed by atoms with van der Waals surface area (Å²) in [6, 6.07) is 7.58. The van der Waals surface area contributed by atoms with Gasteiger partial charge in [-0.1, -0.05) is 0 Å². The number of nitrogens with zero attached hydrogens (tertiary/aromatic N) is 1. The van der Waals surface area contributed by atoms with Crippen LogP contribution in [-0.2, 0) is 6.42 Å². The Hall–Kier alpha value is -2.21. The second-order valence-corrected chi connectivity index (χ2v) is 6.42. The first kappa shape index (κ1) is 13.5. The lowest BCUT2D eigenvalue weighted by atomic mass is 10.0. The lowest BCUT2D eigenvalue weighted by Crippen LogP contribution is -2.40. The number of rotatable bonds is 1. The molecule has 1 atom stereocenters. The minimum atomic E-state index is -0.0804. The summed E-state index contributed by atoms with van der Waals surface area (Å²) in [6.45, 7) is 3.05. The average molecular weight is 316 g/mol. The van der Waals surface area contributed by atoms with Crippen LogP contribution in [0.5, 0.6) is 11.5 Å². The van der Waals surface area contributed by atoms with Gasteiger partial charge < -0.3 is 19.7 Å². The van der Waals surface area contributed by atoms with Gasteiger partial charge >= 0.3 is 6.03 Å². The highest BCUT2D eigenvalue weighted by atomic mass is 32.1. The highest BCUT2D eigenvalue weighted by Gasteiger charge is 2.28. The summed E-state index contributed by atoms with van der Waals surface area (Å²) in [4.78, 5) is 15.8. The Kier molecular flexibility index (Phi) is 3.18. The van der Waals surface area contributed by atoms with Crippen molar-refractivity contribution >= 4 is 23.1 Å². The molecule has 22 heavy (non-hydrogen) atoms. The van der Waals surface area contributed by atoms with Gasteiger partial charge in [-0.25, -0.2) is 4.79 Å². The van der Waals surface area contributed by atoms with Crippen LogP contribution < -0.4 is 14.8 Å². The zero-order chi connectivity index (χ0) is 15.1. The van der Waals surface area contributed by atoms with Crippen molar-refractivity contribution in [3.63, 3.8) is 0 Å². The van der Waals surface area contributed by atoms with E-state index in [9.17, 15) is 4.79 Å². The van der Waals surface area contributed by atoms with Gasteiger partial charge in [-0.05, 0) is 42.5 Å². The van der Waals surface area contributed by atoms with Gasteiger partial charge in [-0.2, -0.15) is 0 Å². The number of amides is 2. The van der Waals surface area contributed by atoms with Gasteiger partial charge in [0.1, 0.15) is 0 Å². The topological polar surface area (TPSA) is 50.8 Å². The molecule has 6 heteroatoms. The monoisotopic (exact) mass is 316 g/mol. The molecule has 3 heterocycles. The van der Waals surface area contributed by atoms with Crippen LogP contribution in [0.25, 0.3) is 0 Å². The van der Waals surface area contributed by atoms with Crippen LogP contribution in [0.15, 0.2) is 29.6 Å². The molecule has 0 saturated heterocycles. The van der Waals surface area contributed by atoms with Gasteiger partial charge in [0.15, 0.2) is 11.5 Å². The Bertz CT molecular complexity index is 728. The van der Waals surface area contributed by atoms with Crippen molar-refractivity contribution in [2.45, 2.75) is 19.4 Å². The van der Waals surface area contributed by atoms with Crippen LogP contribution in [-0.4, -0.2) is 24.3 Å². The standard InChI is InChI=1S/C16H16N2O3S/c1-10-12-5-7-22-15(12)4-6-18(10)16(19)17-11-2-3-13-14(8-11)21-9-20-13/h2-3,5,7-8,10H,4,6,9H2,1H3,(H,17,19). The fourth-order valence-electron chi connectivity index (χ4n) is 2.96. The number of ether oxygens (including phenoxy) is 2. The number of carbonyl (C=O) groups excluding carboxylic acids is 1. The maximum atomic E-state index is 12.6. The number of fused-ring (bicyclic) bond motifs is 2. The first-order chi connectivity index (χ1) is 10.7. The van der Waals surface area contributed by atoms with Crippen LogP contribution in [0.4, 0.5) is 10.5 Å². The van der Waals surface area contributed by atoms with Gasteiger partial charge in [-0.3, -0.25) is 0 Å². The molecule has 0 spiro atoms. The number of urea groups is 1. The molecule has 114 valence electrons. The van der Waals surface area contributed by atoms with E-state index >= 15 is 0 Å². The highest BCUT2D eigenvalue weighted by molar-refractivity contribution is 7.10. The molecule has 4 rings (SSSR count). The summed E-state index contributed by atoms with van der Waals surface area (Å²) in [5.74, 6) is 1.39. The first-order valence-corrected chi connectivity index (χ1v) is 8.14. The molecule has 0 saturated carbocycles. The Morgan fingerprint density at radius 3 is 3.09 bits per heavy atom. The minimum Gasteiger partial charge on any atom is -0.454 e. The van der Waals surface area contributed by atoms with E-state index in [1.54, 1.807) is 17.4 Å². The Morgan fingerprint density at radius 1 is 1.32 bits per heavy atom. The van der Waals surface area contributed by atoms with Crippen molar-refractivity contribution in [1.82, 2.24) is 4.90 Å². The molecule has 2 aromatic rings. The highest BCUT2D eigenvalue weighted by Crippen LogP contribution is 2.35. The largest absolute Gasteiger partial charge is 0.454 e. The van der Waals surface area contributed by atoms with E-state index in [1.165, 1.54) is 10.4 Å². The van der Waals surface area contributed by atoms with Crippen LogP contribution in [0.1, 0.15) is 23.4 Å². The molecule has 2 amide bonds. The second-order valence-electron chi connectivity index (χ2n) is 5.42. The third-order valence-corrected chi connectivity index (χ3v) is 5.16. The van der Waals surface area contributed by atoms with Crippen molar-refractivity contribution in [2.75, 3.05) is 18.7 Å². The molecule has 0 radical (unpaired) electrons. The fourth-order valence-corrected chi connectivity index (χ4v) is 3.92. The number of benzene rings is 1. The molecule has 0 fully saturated rings. The molecule has 1 unspecified atom stereocenters. The SMILES string of the molecule is CC1c2ccsc2CCN1C(=O)Nc1ccc2c(c1)OCO2. The molecule has 0 aliphatic carbocycles. The predicted molar refractivity (Wildman–Crippen MR) is 84.7 cm³/mol. The number of thiophene rings is 1.